The summed E-state index contributed by atoms with van der Waals surface area (Å²) in [6.45, 7) is 8.07. The van der Waals surface area contributed by atoms with Gasteiger partial charge in [-0.05, 0) is 48.5 Å². The number of carbonyl (C=O) groups excluding carboxylic acids is 1. The van der Waals surface area contributed by atoms with E-state index in [4.69, 9.17) is 9.47 Å². The van der Waals surface area contributed by atoms with Crippen LogP contribution in [0.25, 0.3) is 0 Å². The zero-order valence-corrected chi connectivity index (χ0v) is 13.3. The van der Waals surface area contributed by atoms with Gasteiger partial charge in [0.1, 0.15) is 24.7 Å². The maximum Gasteiger partial charge on any atom is 0.323 e. The Kier molecular flexibility index (Phi) is 6.46. The third-order valence-corrected chi connectivity index (χ3v) is 2.96. The molecule has 5 heteroatoms. The SMILES string of the molecule is C=CCOc1ccc(NC(=O)Nc2ccc(OCC=C)cc2)cc1. The van der Waals surface area contributed by atoms with Gasteiger partial charge in [0.2, 0.25) is 0 Å². The van der Waals surface area contributed by atoms with Crippen molar-refractivity contribution in [2.75, 3.05) is 23.8 Å². The number of hydrogen-bond donors (Lipinski definition) is 2. The van der Waals surface area contributed by atoms with Gasteiger partial charge in [-0.15, -0.1) is 0 Å². The highest BCUT2D eigenvalue weighted by Crippen LogP contribution is 2.18. The summed E-state index contributed by atoms with van der Waals surface area (Å²) in [5.41, 5.74) is 1.34. The summed E-state index contributed by atoms with van der Waals surface area (Å²) < 4.78 is 10.8. The highest BCUT2D eigenvalue weighted by atomic mass is 16.5. The van der Waals surface area contributed by atoms with Crippen molar-refractivity contribution >= 4 is 17.4 Å². The van der Waals surface area contributed by atoms with Gasteiger partial charge in [0.05, 0.1) is 0 Å². The molecule has 2 rings (SSSR count). The Labute approximate surface area is 141 Å². The molecule has 0 atom stereocenters. The Morgan fingerprint density at radius 1 is 0.792 bits per heavy atom. The number of amides is 2. The molecule has 0 aliphatic rings. The third-order valence-electron chi connectivity index (χ3n) is 2.96. The molecule has 124 valence electrons. The van der Waals surface area contributed by atoms with Crippen LogP contribution in [0.2, 0.25) is 0 Å². The molecule has 0 aliphatic heterocycles. The monoisotopic (exact) mass is 324 g/mol. The second-order valence-corrected chi connectivity index (χ2v) is 4.83. The molecule has 2 aromatic carbocycles. The highest BCUT2D eigenvalue weighted by molar-refractivity contribution is 5.99. The second-order valence-electron chi connectivity index (χ2n) is 4.83. The number of benzene rings is 2. The molecule has 0 spiro atoms. The first-order valence-corrected chi connectivity index (χ1v) is 7.47. The number of hydrogen-bond acceptors (Lipinski definition) is 3. The summed E-state index contributed by atoms with van der Waals surface area (Å²) >= 11 is 0. The Morgan fingerprint density at radius 3 is 1.50 bits per heavy atom. The number of anilines is 2. The van der Waals surface area contributed by atoms with Gasteiger partial charge in [0.25, 0.3) is 0 Å². The molecular formula is C19H20N2O3. The predicted molar refractivity (Wildman–Crippen MR) is 96.9 cm³/mol. The summed E-state index contributed by atoms with van der Waals surface area (Å²) in [5, 5.41) is 5.50. The van der Waals surface area contributed by atoms with E-state index < -0.39 is 0 Å². The van der Waals surface area contributed by atoms with Crippen LogP contribution in [0.15, 0.2) is 73.8 Å². The molecule has 0 aliphatic carbocycles. The molecule has 2 N–H and O–H groups in total. The molecule has 0 unspecified atom stereocenters. The molecule has 0 heterocycles. The maximum atomic E-state index is 12.0. The first kappa shape index (κ1) is 17.1. The van der Waals surface area contributed by atoms with Crippen molar-refractivity contribution < 1.29 is 14.3 Å². The van der Waals surface area contributed by atoms with Crippen LogP contribution in [-0.4, -0.2) is 19.2 Å². The smallest absolute Gasteiger partial charge is 0.323 e. The lowest BCUT2D eigenvalue weighted by atomic mass is 10.3. The van der Waals surface area contributed by atoms with Crippen molar-refractivity contribution in [3.05, 3.63) is 73.8 Å². The van der Waals surface area contributed by atoms with E-state index in [1.54, 1.807) is 60.7 Å². The molecule has 0 fully saturated rings. The van der Waals surface area contributed by atoms with Crippen molar-refractivity contribution in [1.82, 2.24) is 0 Å². The molecule has 0 saturated heterocycles. The summed E-state index contributed by atoms with van der Waals surface area (Å²) in [6, 6.07) is 13.9. The van der Waals surface area contributed by atoms with Crippen LogP contribution in [0, 0.1) is 0 Å². The van der Waals surface area contributed by atoms with Gasteiger partial charge in [-0.25, -0.2) is 4.79 Å². The van der Waals surface area contributed by atoms with Gasteiger partial charge >= 0.3 is 6.03 Å². The van der Waals surface area contributed by atoms with Crippen molar-refractivity contribution in [2.24, 2.45) is 0 Å². The fraction of sp³-hybridized carbons (Fsp3) is 0.105. The van der Waals surface area contributed by atoms with Crippen LogP contribution < -0.4 is 20.1 Å². The Morgan fingerprint density at radius 2 is 1.17 bits per heavy atom. The van der Waals surface area contributed by atoms with Gasteiger partial charge in [-0.2, -0.15) is 0 Å². The minimum atomic E-state index is -0.325. The predicted octanol–water partition coefficient (Wildman–Crippen LogP) is 4.46. The normalized spacial score (nSPS) is 9.67. The summed E-state index contributed by atoms with van der Waals surface area (Å²) in [6.07, 6.45) is 3.35. The van der Waals surface area contributed by atoms with Crippen LogP contribution in [0.1, 0.15) is 0 Å². The van der Waals surface area contributed by atoms with E-state index in [0.717, 1.165) is 11.5 Å². The summed E-state index contributed by atoms with van der Waals surface area (Å²) in [4.78, 5) is 12.0. The Bertz CT molecular complexity index is 619. The highest BCUT2D eigenvalue weighted by Gasteiger charge is 2.03. The first-order valence-electron chi connectivity index (χ1n) is 7.47. The van der Waals surface area contributed by atoms with E-state index >= 15 is 0 Å². The minimum Gasteiger partial charge on any atom is -0.490 e. The van der Waals surface area contributed by atoms with Gasteiger partial charge in [-0.3, -0.25) is 0 Å². The quantitative estimate of drug-likeness (QED) is 0.705. The second kappa shape index (κ2) is 9.05. The van der Waals surface area contributed by atoms with E-state index in [2.05, 4.69) is 23.8 Å². The van der Waals surface area contributed by atoms with Gasteiger partial charge in [0, 0.05) is 11.4 Å². The molecular weight excluding hydrogens is 304 g/mol. The summed E-state index contributed by atoms with van der Waals surface area (Å²) in [5.74, 6) is 1.44. The third kappa shape index (κ3) is 5.53. The number of carbonyl (C=O) groups is 1. The molecule has 2 amide bonds. The lowest BCUT2D eigenvalue weighted by Gasteiger charge is -2.09. The lowest BCUT2D eigenvalue weighted by Crippen LogP contribution is -2.19. The van der Waals surface area contributed by atoms with Gasteiger partial charge in [0.15, 0.2) is 0 Å². The van der Waals surface area contributed by atoms with Crippen LogP contribution >= 0.6 is 0 Å². The van der Waals surface area contributed by atoms with E-state index in [1.807, 2.05) is 0 Å². The van der Waals surface area contributed by atoms with E-state index in [0.29, 0.717) is 24.6 Å². The fourth-order valence-electron chi connectivity index (χ4n) is 1.87. The molecule has 0 aromatic heterocycles. The van der Waals surface area contributed by atoms with Crippen molar-refractivity contribution in [3.63, 3.8) is 0 Å². The summed E-state index contributed by atoms with van der Waals surface area (Å²) in [7, 11) is 0. The molecule has 0 bridgehead atoms. The Hall–Kier alpha value is -3.21. The minimum absolute atomic E-state index is 0.325. The number of nitrogens with one attached hydrogen (secondary N) is 2. The van der Waals surface area contributed by atoms with Crippen LogP contribution in [0.5, 0.6) is 11.5 Å². The maximum absolute atomic E-state index is 12.0. The number of urea groups is 1. The molecule has 0 radical (unpaired) electrons. The van der Waals surface area contributed by atoms with Crippen LogP contribution in [0.4, 0.5) is 16.2 Å². The molecule has 5 nitrogen and oxygen atoms in total. The fourth-order valence-corrected chi connectivity index (χ4v) is 1.87. The van der Waals surface area contributed by atoms with E-state index in [1.165, 1.54) is 0 Å². The van der Waals surface area contributed by atoms with E-state index in [-0.39, 0.29) is 6.03 Å². The van der Waals surface area contributed by atoms with Crippen molar-refractivity contribution in [2.45, 2.75) is 0 Å². The molecule has 24 heavy (non-hydrogen) atoms. The largest absolute Gasteiger partial charge is 0.490 e. The van der Waals surface area contributed by atoms with Gasteiger partial charge in [-0.1, -0.05) is 25.3 Å². The Balaban J connectivity index is 1.86. The van der Waals surface area contributed by atoms with Gasteiger partial charge < -0.3 is 20.1 Å². The van der Waals surface area contributed by atoms with Crippen molar-refractivity contribution in [3.8, 4) is 11.5 Å². The van der Waals surface area contributed by atoms with E-state index in [9.17, 15) is 4.79 Å². The first-order chi connectivity index (χ1) is 11.7. The standard InChI is InChI=1S/C19H20N2O3/c1-3-13-23-17-9-5-15(6-10-17)20-19(22)21-16-7-11-18(12-8-16)24-14-4-2/h3-12H,1-2,13-14H2,(H2,20,21,22). The average molecular weight is 324 g/mol. The number of ether oxygens (including phenoxy) is 2. The number of rotatable bonds is 8. The topological polar surface area (TPSA) is 59.6 Å². The van der Waals surface area contributed by atoms with Crippen LogP contribution in [-0.2, 0) is 0 Å². The molecule has 0 saturated carbocycles. The average Bonchev–Trinajstić information content (AvgIpc) is 2.60. The van der Waals surface area contributed by atoms with Crippen LogP contribution in [0.3, 0.4) is 0 Å². The zero-order chi connectivity index (χ0) is 17.2. The molecule has 2 aromatic rings. The zero-order valence-electron chi connectivity index (χ0n) is 13.3. The van der Waals surface area contributed by atoms with Crippen molar-refractivity contribution in [1.29, 1.82) is 0 Å². The lowest BCUT2D eigenvalue weighted by molar-refractivity contribution is 0.262.